The third kappa shape index (κ3) is 5.37. The summed E-state index contributed by atoms with van der Waals surface area (Å²) in [6.45, 7) is 0. The van der Waals surface area contributed by atoms with Gasteiger partial charge in [-0.3, -0.25) is 0 Å². The molecule has 2 aromatic rings. The third-order valence-electron chi connectivity index (χ3n) is 2.00. The molecule has 0 fully saturated rings. The van der Waals surface area contributed by atoms with Gasteiger partial charge < -0.3 is 50.4 Å². The van der Waals surface area contributed by atoms with Gasteiger partial charge in [-0.2, -0.15) is 6.07 Å². The molecular weight excluding hydrogens is 262 g/mol. The van der Waals surface area contributed by atoms with Crippen LogP contribution in [0.2, 0.25) is 0 Å². The van der Waals surface area contributed by atoms with E-state index < -0.39 is 14.2 Å². The van der Waals surface area contributed by atoms with Crippen molar-refractivity contribution >= 4 is 25.2 Å². The molecule has 0 heterocycles. The van der Waals surface area contributed by atoms with Gasteiger partial charge in [0.1, 0.15) is 0 Å². The first-order chi connectivity index (χ1) is 7.63. The van der Waals surface area contributed by atoms with Crippen LogP contribution in [0.4, 0.5) is 0 Å². The first-order valence-electron chi connectivity index (χ1n) is 4.77. The molecule has 96 valence electrons. The summed E-state index contributed by atoms with van der Waals surface area (Å²) in [7, 11) is -3.30. The molecular formula is C10H12B2FeO4-6. The summed E-state index contributed by atoms with van der Waals surface area (Å²) in [6.07, 6.45) is 0. The summed E-state index contributed by atoms with van der Waals surface area (Å²) in [5, 5.41) is 34.7. The normalized spacial score (nSPS) is 8.71. The third-order valence-corrected chi connectivity index (χ3v) is 2.00. The van der Waals surface area contributed by atoms with Crippen molar-refractivity contribution < 1.29 is 37.2 Å². The average molecular weight is 274 g/mol. The minimum Gasteiger partial charge on any atom is -0.748 e. The Bertz CT molecular complexity index is 347. The van der Waals surface area contributed by atoms with E-state index in [1.807, 2.05) is 30.3 Å². The Kier molecular flexibility index (Phi) is 7.91. The van der Waals surface area contributed by atoms with E-state index in [-0.39, 0.29) is 28.0 Å². The summed E-state index contributed by atoms with van der Waals surface area (Å²) in [6, 6.07) is 14.3. The Labute approximate surface area is 111 Å². The van der Waals surface area contributed by atoms with E-state index in [0.29, 0.717) is 0 Å². The Balaban J connectivity index is 0.000000360. The fourth-order valence-corrected chi connectivity index (χ4v) is 1.24. The van der Waals surface area contributed by atoms with Crippen LogP contribution < -0.4 is 10.9 Å². The van der Waals surface area contributed by atoms with Crippen LogP contribution >= 0.6 is 0 Å². The molecule has 4 N–H and O–H groups in total. The number of hydrogen-bond donors (Lipinski definition) is 4. The molecule has 0 atom stereocenters. The summed E-state index contributed by atoms with van der Waals surface area (Å²) < 4.78 is 0. The quantitative estimate of drug-likeness (QED) is 0.383. The summed E-state index contributed by atoms with van der Waals surface area (Å²) in [5.41, 5.74) is 0.250. The van der Waals surface area contributed by atoms with Gasteiger partial charge in [-0.25, -0.2) is 12.1 Å². The fraction of sp³-hybridized carbons (Fsp3) is 0. The molecule has 0 aromatic heterocycles. The van der Waals surface area contributed by atoms with Crippen molar-refractivity contribution in [2.24, 2.45) is 0 Å². The van der Waals surface area contributed by atoms with Crippen molar-refractivity contribution in [3.63, 3.8) is 0 Å². The van der Waals surface area contributed by atoms with Gasteiger partial charge in [0.25, 0.3) is 0 Å². The van der Waals surface area contributed by atoms with Crippen molar-refractivity contribution in [2.75, 3.05) is 0 Å². The summed E-state index contributed by atoms with van der Waals surface area (Å²) in [5.74, 6) is 0. The van der Waals surface area contributed by atoms with E-state index in [4.69, 9.17) is 20.1 Å². The van der Waals surface area contributed by atoms with E-state index in [9.17, 15) is 0 Å². The first kappa shape index (κ1) is 16.2. The zero-order valence-electron chi connectivity index (χ0n) is 8.92. The van der Waals surface area contributed by atoms with Gasteiger partial charge in [0.15, 0.2) is 0 Å². The number of hydrogen-bond acceptors (Lipinski definition) is 4. The molecule has 0 spiro atoms. The Morgan fingerprint density at radius 3 is 1.71 bits per heavy atom. The summed E-state index contributed by atoms with van der Waals surface area (Å²) in [4.78, 5) is 0. The van der Waals surface area contributed by atoms with Crippen LogP contribution in [0.3, 0.4) is 0 Å². The first-order valence-corrected chi connectivity index (χ1v) is 4.77. The monoisotopic (exact) mass is 274 g/mol. The minimum absolute atomic E-state index is 0. The molecule has 0 aliphatic carbocycles. The Morgan fingerprint density at radius 2 is 1.41 bits per heavy atom. The molecule has 0 saturated heterocycles. The van der Waals surface area contributed by atoms with Gasteiger partial charge in [0.2, 0.25) is 0 Å². The van der Waals surface area contributed by atoms with Gasteiger partial charge in [0, 0.05) is 17.1 Å². The van der Waals surface area contributed by atoms with E-state index in [1.54, 1.807) is 0 Å². The Hall–Kier alpha value is -0.811. The predicted octanol–water partition coefficient (Wildman–Crippen LogP) is -1.83. The van der Waals surface area contributed by atoms with Crippen molar-refractivity contribution in [3.8, 4) is 0 Å². The molecule has 0 aliphatic rings. The van der Waals surface area contributed by atoms with E-state index in [0.717, 1.165) is 0 Å². The van der Waals surface area contributed by atoms with Crippen molar-refractivity contribution in [2.45, 2.75) is 0 Å². The van der Waals surface area contributed by atoms with Gasteiger partial charge in [-0.1, -0.05) is 0 Å². The smallest absolute Gasteiger partial charge is 0.461 e. The van der Waals surface area contributed by atoms with Gasteiger partial charge in [-0.15, -0.1) is 10.9 Å². The van der Waals surface area contributed by atoms with Crippen LogP contribution in [0.5, 0.6) is 0 Å². The predicted molar refractivity (Wildman–Crippen MR) is 63.7 cm³/mol. The molecule has 0 unspecified atom stereocenters. The zero-order chi connectivity index (χ0) is 12.0. The maximum atomic E-state index is 8.68. The van der Waals surface area contributed by atoms with Crippen LogP contribution in [-0.4, -0.2) is 34.3 Å². The second-order valence-corrected chi connectivity index (χ2v) is 3.15. The molecule has 2 rings (SSSR count). The van der Waals surface area contributed by atoms with Crippen molar-refractivity contribution in [1.82, 2.24) is 0 Å². The topological polar surface area (TPSA) is 80.9 Å². The van der Waals surface area contributed by atoms with Crippen LogP contribution in [0.1, 0.15) is 0 Å². The molecule has 4 nitrogen and oxygen atoms in total. The standard InChI is InChI=1S/C5H7B2O4.C5H5.Fe/c8-6(9)4-2-1-3-5(4)7(10)11;1-2-4-5-3-1;/h1-3,8-11H;1-5H;/q-1;-5;. The van der Waals surface area contributed by atoms with Gasteiger partial charge >= 0.3 is 14.2 Å². The second kappa shape index (κ2) is 8.31. The van der Waals surface area contributed by atoms with Crippen molar-refractivity contribution in [1.29, 1.82) is 0 Å². The van der Waals surface area contributed by atoms with Crippen LogP contribution in [0.25, 0.3) is 0 Å². The number of rotatable bonds is 2. The SMILES string of the molecule is OB(O)c1ccc[c-]1B(O)O.[Fe].[cH-]1[cH-][cH-][cH-][cH-]1. The van der Waals surface area contributed by atoms with E-state index in [1.165, 1.54) is 18.2 Å². The maximum Gasteiger partial charge on any atom is 0.461 e. The molecule has 0 aliphatic heterocycles. The Morgan fingerprint density at radius 1 is 0.941 bits per heavy atom. The zero-order valence-corrected chi connectivity index (χ0v) is 10.0. The maximum absolute atomic E-state index is 8.68. The average Bonchev–Trinajstić information content (AvgIpc) is 2.92. The van der Waals surface area contributed by atoms with E-state index in [2.05, 4.69) is 0 Å². The molecule has 7 heteroatoms. The minimum atomic E-state index is -1.65. The largest absolute Gasteiger partial charge is 0.748 e. The molecule has 0 saturated carbocycles. The second-order valence-electron chi connectivity index (χ2n) is 3.15. The van der Waals surface area contributed by atoms with Crippen LogP contribution in [0.15, 0.2) is 48.5 Å². The fourth-order valence-electron chi connectivity index (χ4n) is 1.24. The molecule has 17 heavy (non-hydrogen) atoms. The molecule has 0 radical (unpaired) electrons. The molecule has 0 bridgehead atoms. The summed E-state index contributed by atoms with van der Waals surface area (Å²) >= 11 is 0. The van der Waals surface area contributed by atoms with Crippen molar-refractivity contribution in [3.05, 3.63) is 48.5 Å². The van der Waals surface area contributed by atoms with Gasteiger partial charge in [0.05, 0.1) is 0 Å². The van der Waals surface area contributed by atoms with Crippen LogP contribution in [0, 0.1) is 0 Å². The van der Waals surface area contributed by atoms with Gasteiger partial charge in [-0.05, 0) is 0 Å². The van der Waals surface area contributed by atoms with Crippen LogP contribution in [-0.2, 0) is 17.1 Å². The molecule has 2 aromatic carbocycles. The molecule has 0 amide bonds. The van der Waals surface area contributed by atoms with E-state index >= 15 is 0 Å².